The predicted octanol–water partition coefficient (Wildman–Crippen LogP) is 2.30. The molecule has 0 spiro atoms. The van der Waals surface area contributed by atoms with E-state index in [1.165, 1.54) is 12.1 Å². The van der Waals surface area contributed by atoms with Crippen LogP contribution in [0.1, 0.15) is 11.1 Å². The number of nitrogens with two attached hydrogens (primary N) is 1. The molecule has 2 aromatic rings. The Morgan fingerprint density at radius 1 is 1.28 bits per heavy atom. The smallest absolute Gasteiger partial charge is 0.123 e. The maximum absolute atomic E-state index is 13.1. The largest absolute Gasteiger partial charge is 0.489 e. The normalized spacial score (nSPS) is 10.3. The SMILES string of the molecule is NCCc1cc(F)ccc1OCc1cccnc1. The van der Waals surface area contributed by atoms with Crippen molar-refractivity contribution in [3.63, 3.8) is 0 Å². The van der Waals surface area contributed by atoms with Gasteiger partial charge in [-0.15, -0.1) is 0 Å². The average Bonchev–Trinajstić information content (AvgIpc) is 2.39. The number of hydrogen-bond donors (Lipinski definition) is 1. The maximum atomic E-state index is 13.1. The standard InChI is InChI=1S/C14H15FN2O/c15-13-3-4-14(12(8-13)5-6-16)18-10-11-2-1-7-17-9-11/h1-4,7-9H,5-6,10,16H2. The van der Waals surface area contributed by atoms with E-state index in [9.17, 15) is 4.39 Å². The summed E-state index contributed by atoms with van der Waals surface area (Å²) in [4.78, 5) is 4.01. The van der Waals surface area contributed by atoms with Gasteiger partial charge in [0, 0.05) is 18.0 Å². The Morgan fingerprint density at radius 3 is 2.89 bits per heavy atom. The van der Waals surface area contributed by atoms with Crippen molar-refractivity contribution < 1.29 is 9.13 Å². The first-order chi connectivity index (χ1) is 8.79. The van der Waals surface area contributed by atoms with Crippen molar-refractivity contribution >= 4 is 0 Å². The third-order valence-electron chi connectivity index (χ3n) is 2.55. The number of halogens is 1. The molecule has 0 amide bonds. The highest BCUT2D eigenvalue weighted by atomic mass is 19.1. The minimum absolute atomic E-state index is 0.271. The van der Waals surface area contributed by atoms with E-state index in [-0.39, 0.29) is 5.82 Å². The molecule has 1 aromatic carbocycles. The fourth-order valence-corrected chi connectivity index (χ4v) is 1.68. The fraction of sp³-hybridized carbons (Fsp3) is 0.214. The van der Waals surface area contributed by atoms with Gasteiger partial charge >= 0.3 is 0 Å². The molecule has 4 heteroatoms. The van der Waals surface area contributed by atoms with Gasteiger partial charge in [0.2, 0.25) is 0 Å². The van der Waals surface area contributed by atoms with Crippen LogP contribution in [0.4, 0.5) is 4.39 Å². The molecule has 0 aliphatic heterocycles. The topological polar surface area (TPSA) is 48.1 Å². The fourth-order valence-electron chi connectivity index (χ4n) is 1.68. The molecule has 94 valence electrons. The van der Waals surface area contributed by atoms with Gasteiger partial charge in [-0.25, -0.2) is 4.39 Å². The van der Waals surface area contributed by atoms with Crippen LogP contribution in [0.5, 0.6) is 5.75 Å². The first kappa shape index (κ1) is 12.5. The first-order valence-electron chi connectivity index (χ1n) is 5.80. The average molecular weight is 246 g/mol. The zero-order chi connectivity index (χ0) is 12.8. The van der Waals surface area contributed by atoms with Gasteiger partial charge in [-0.05, 0) is 42.8 Å². The number of ether oxygens (including phenoxy) is 1. The van der Waals surface area contributed by atoms with E-state index in [2.05, 4.69) is 4.98 Å². The molecule has 1 heterocycles. The zero-order valence-electron chi connectivity index (χ0n) is 9.97. The van der Waals surface area contributed by atoms with Crippen LogP contribution in [0, 0.1) is 5.82 Å². The lowest BCUT2D eigenvalue weighted by Crippen LogP contribution is -2.06. The molecule has 3 nitrogen and oxygen atoms in total. The number of aromatic nitrogens is 1. The molecule has 0 atom stereocenters. The highest BCUT2D eigenvalue weighted by Gasteiger charge is 2.05. The van der Waals surface area contributed by atoms with Gasteiger partial charge in [-0.1, -0.05) is 6.07 Å². The van der Waals surface area contributed by atoms with E-state index in [1.807, 2.05) is 12.1 Å². The molecule has 2 N–H and O–H groups in total. The van der Waals surface area contributed by atoms with Crippen LogP contribution in [-0.4, -0.2) is 11.5 Å². The molecule has 0 aliphatic rings. The molecular formula is C14H15FN2O. The molecule has 1 aromatic heterocycles. The maximum Gasteiger partial charge on any atom is 0.123 e. The Morgan fingerprint density at radius 2 is 2.17 bits per heavy atom. The van der Waals surface area contributed by atoms with Gasteiger partial charge in [-0.3, -0.25) is 4.98 Å². The minimum Gasteiger partial charge on any atom is -0.489 e. The van der Waals surface area contributed by atoms with Gasteiger partial charge in [-0.2, -0.15) is 0 Å². The van der Waals surface area contributed by atoms with Gasteiger partial charge in [0.25, 0.3) is 0 Å². The number of hydrogen-bond acceptors (Lipinski definition) is 3. The van der Waals surface area contributed by atoms with E-state index in [1.54, 1.807) is 18.5 Å². The summed E-state index contributed by atoms with van der Waals surface area (Å²) in [6.07, 6.45) is 4.05. The van der Waals surface area contributed by atoms with Crippen molar-refractivity contribution in [2.24, 2.45) is 5.73 Å². The first-order valence-corrected chi connectivity index (χ1v) is 5.80. The van der Waals surface area contributed by atoms with E-state index in [4.69, 9.17) is 10.5 Å². The Balaban J connectivity index is 2.09. The van der Waals surface area contributed by atoms with Gasteiger partial charge in [0.1, 0.15) is 18.2 Å². The van der Waals surface area contributed by atoms with Crippen molar-refractivity contribution in [2.75, 3.05) is 6.54 Å². The summed E-state index contributed by atoms with van der Waals surface area (Å²) >= 11 is 0. The van der Waals surface area contributed by atoms with Crippen molar-refractivity contribution in [1.82, 2.24) is 4.98 Å². The molecule has 18 heavy (non-hydrogen) atoms. The molecule has 0 saturated carbocycles. The van der Waals surface area contributed by atoms with Crippen molar-refractivity contribution in [1.29, 1.82) is 0 Å². The van der Waals surface area contributed by atoms with Crippen LogP contribution >= 0.6 is 0 Å². The summed E-state index contributed by atoms with van der Waals surface area (Å²) in [5, 5.41) is 0. The molecule has 2 rings (SSSR count). The highest BCUT2D eigenvalue weighted by molar-refractivity contribution is 5.34. The van der Waals surface area contributed by atoms with E-state index < -0.39 is 0 Å². The molecule has 0 unspecified atom stereocenters. The van der Waals surface area contributed by atoms with Crippen LogP contribution in [0.15, 0.2) is 42.7 Å². The van der Waals surface area contributed by atoms with Crippen molar-refractivity contribution in [3.05, 3.63) is 59.7 Å². The molecule has 0 saturated heterocycles. The summed E-state index contributed by atoms with van der Waals surface area (Å²) in [5.41, 5.74) is 7.26. The molecule has 0 radical (unpaired) electrons. The van der Waals surface area contributed by atoms with Gasteiger partial charge in [0.05, 0.1) is 0 Å². The number of rotatable bonds is 5. The van der Waals surface area contributed by atoms with E-state index in [0.717, 1.165) is 11.1 Å². The summed E-state index contributed by atoms with van der Waals surface area (Å²) in [6, 6.07) is 8.27. The molecule has 0 bridgehead atoms. The van der Waals surface area contributed by atoms with Gasteiger partial charge < -0.3 is 10.5 Å². The molecular weight excluding hydrogens is 231 g/mol. The number of pyridine rings is 1. The van der Waals surface area contributed by atoms with E-state index >= 15 is 0 Å². The second kappa shape index (κ2) is 6.12. The Bertz CT molecular complexity index is 502. The van der Waals surface area contributed by atoms with Crippen LogP contribution in [0.25, 0.3) is 0 Å². The second-order valence-corrected chi connectivity index (χ2v) is 3.94. The summed E-state index contributed by atoms with van der Waals surface area (Å²) in [7, 11) is 0. The van der Waals surface area contributed by atoms with Gasteiger partial charge in [0.15, 0.2) is 0 Å². The second-order valence-electron chi connectivity index (χ2n) is 3.94. The lowest BCUT2D eigenvalue weighted by Gasteiger charge is -2.11. The monoisotopic (exact) mass is 246 g/mol. The van der Waals surface area contributed by atoms with Crippen LogP contribution in [0.3, 0.4) is 0 Å². The summed E-state index contributed by atoms with van der Waals surface area (Å²) in [6.45, 7) is 0.879. The highest BCUT2D eigenvalue weighted by Crippen LogP contribution is 2.21. The van der Waals surface area contributed by atoms with Crippen molar-refractivity contribution in [2.45, 2.75) is 13.0 Å². The summed E-state index contributed by atoms with van der Waals surface area (Å²) in [5.74, 6) is 0.401. The predicted molar refractivity (Wildman–Crippen MR) is 67.7 cm³/mol. The third-order valence-corrected chi connectivity index (χ3v) is 2.55. The summed E-state index contributed by atoms with van der Waals surface area (Å²) < 4.78 is 18.8. The van der Waals surface area contributed by atoms with Crippen LogP contribution in [-0.2, 0) is 13.0 Å². The number of nitrogens with zero attached hydrogens (tertiary/aromatic N) is 1. The Hall–Kier alpha value is -1.94. The number of benzene rings is 1. The molecule has 0 aliphatic carbocycles. The Kier molecular flexibility index (Phi) is 4.25. The lowest BCUT2D eigenvalue weighted by molar-refractivity contribution is 0.302. The Labute approximate surface area is 105 Å². The van der Waals surface area contributed by atoms with Crippen molar-refractivity contribution in [3.8, 4) is 5.75 Å². The quantitative estimate of drug-likeness (QED) is 0.880. The van der Waals surface area contributed by atoms with Crippen LogP contribution < -0.4 is 10.5 Å². The van der Waals surface area contributed by atoms with Crippen LogP contribution in [0.2, 0.25) is 0 Å². The minimum atomic E-state index is -0.271. The molecule has 0 fully saturated rings. The zero-order valence-corrected chi connectivity index (χ0v) is 9.97. The lowest BCUT2D eigenvalue weighted by atomic mass is 10.1. The van der Waals surface area contributed by atoms with E-state index in [0.29, 0.717) is 25.3 Å². The third kappa shape index (κ3) is 3.28.